The summed E-state index contributed by atoms with van der Waals surface area (Å²) in [5, 5.41) is 3.51. The number of nitrogens with one attached hydrogen (secondary N) is 1. The van der Waals surface area contributed by atoms with Gasteiger partial charge in [0.15, 0.2) is 0 Å². The zero-order valence-corrected chi connectivity index (χ0v) is 12.4. The highest BCUT2D eigenvalue weighted by molar-refractivity contribution is 5.29. The van der Waals surface area contributed by atoms with Gasteiger partial charge in [0.25, 0.3) is 0 Å². The first-order chi connectivity index (χ1) is 9.24. The molecule has 1 N–H and O–H groups in total. The maximum atomic E-state index is 5.31. The summed E-state index contributed by atoms with van der Waals surface area (Å²) in [5.74, 6) is 0.948. The zero-order chi connectivity index (χ0) is 13.7. The molecule has 106 valence electrons. The summed E-state index contributed by atoms with van der Waals surface area (Å²) in [6.07, 6.45) is 5.04. The van der Waals surface area contributed by atoms with Crippen molar-refractivity contribution in [1.29, 1.82) is 0 Å². The molecule has 1 fully saturated rings. The van der Waals surface area contributed by atoms with Gasteiger partial charge in [0.2, 0.25) is 0 Å². The van der Waals surface area contributed by atoms with Crippen LogP contribution in [-0.4, -0.2) is 44.7 Å². The number of ether oxygens (including phenoxy) is 1. The van der Waals surface area contributed by atoms with E-state index in [4.69, 9.17) is 4.74 Å². The van der Waals surface area contributed by atoms with Gasteiger partial charge in [-0.3, -0.25) is 0 Å². The Labute approximate surface area is 116 Å². The third-order valence-electron chi connectivity index (χ3n) is 4.25. The molecular weight excluding hydrogens is 236 g/mol. The molecule has 0 bridgehead atoms. The molecule has 2 rings (SSSR count). The fraction of sp³-hybridized carbons (Fsp3) is 0.625. The maximum Gasteiger partial charge on any atom is 0.119 e. The number of nitrogens with zero attached hydrogens (tertiary/aromatic N) is 1. The SMILES string of the molecule is CNC(Cc1cccc(OC)c1)C1CCCCN1C. The molecule has 0 spiro atoms. The van der Waals surface area contributed by atoms with Crippen molar-refractivity contribution in [3.05, 3.63) is 29.8 Å². The number of piperidine rings is 1. The van der Waals surface area contributed by atoms with E-state index in [1.807, 2.05) is 6.07 Å². The summed E-state index contributed by atoms with van der Waals surface area (Å²) in [6, 6.07) is 9.57. The van der Waals surface area contributed by atoms with Crippen molar-refractivity contribution in [3.63, 3.8) is 0 Å². The van der Waals surface area contributed by atoms with Crippen molar-refractivity contribution in [3.8, 4) is 5.75 Å². The number of hydrogen-bond donors (Lipinski definition) is 1. The van der Waals surface area contributed by atoms with Gasteiger partial charge >= 0.3 is 0 Å². The topological polar surface area (TPSA) is 24.5 Å². The molecule has 1 aliphatic rings. The minimum Gasteiger partial charge on any atom is -0.497 e. The number of likely N-dealkylation sites (tertiary alicyclic amines) is 1. The predicted molar refractivity (Wildman–Crippen MR) is 79.8 cm³/mol. The average molecular weight is 262 g/mol. The van der Waals surface area contributed by atoms with Crippen LogP contribution >= 0.6 is 0 Å². The molecule has 0 aliphatic carbocycles. The van der Waals surface area contributed by atoms with Gasteiger partial charge in [0.1, 0.15) is 5.75 Å². The molecule has 19 heavy (non-hydrogen) atoms. The van der Waals surface area contributed by atoms with E-state index in [0.29, 0.717) is 12.1 Å². The summed E-state index contributed by atoms with van der Waals surface area (Å²) in [4.78, 5) is 2.50. The van der Waals surface area contributed by atoms with Gasteiger partial charge in [0.05, 0.1) is 7.11 Å². The number of methoxy groups -OCH3 is 1. The first-order valence-corrected chi connectivity index (χ1v) is 7.25. The Morgan fingerprint density at radius 3 is 2.95 bits per heavy atom. The maximum absolute atomic E-state index is 5.31. The van der Waals surface area contributed by atoms with Crippen LogP contribution < -0.4 is 10.1 Å². The average Bonchev–Trinajstić information content (AvgIpc) is 2.46. The van der Waals surface area contributed by atoms with Gasteiger partial charge in [-0.05, 0) is 57.6 Å². The molecule has 1 aromatic carbocycles. The van der Waals surface area contributed by atoms with Crippen molar-refractivity contribution >= 4 is 0 Å². The highest BCUT2D eigenvalue weighted by atomic mass is 16.5. The van der Waals surface area contributed by atoms with E-state index in [1.165, 1.54) is 31.4 Å². The van der Waals surface area contributed by atoms with Crippen LogP contribution in [0.4, 0.5) is 0 Å². The fourth-order valence-electron chi connectivity index (χ4n) is 3.09. The van der Waals surface area contributed by atoms with Crippen LogP contribution in [0.1, 0.15) is 24.8 Å². The molecule has 1 saturated heterocycles. The second-order valence-electron chi connectivity index (χ2n) is 5.49. The molecular formula is C16H26N2O. The third-order valence-corrected chi connectivity index (χ3v) is 4.25. The lowest BCUT2D eigenvalue weighted by Gasteiger charge is -2.38. The Bertz CT molecular complexity index is 394. The van der Waals surface area contributed by atoms with E-state index in [9.17, 15) is 0 Å². The lowest BCUT2D eigenvalue weighted by atomic mass is 9.92. The summed E-state index contributed by atoms with van der Waals surface area (Å²) < 4.78 is 5.31. The smallest absolute Gasteiger partial charge is 0.119 e. The molecule has 1 aliphatic heterocycles. The Morgan fingerprint density at radius 2 is 2.26 bits per heavy atom. The van der Waals surface area contributed by atoms with Crippen LogP contribution in [0.5, 0.6) is 5.75 Å². The molecule has 0 aromatic heterocycles. The zero-order valence-electron chi connectivity index (χ0n) is 12.4. The van der Waals surface area contributed by atoms with Crippen molar-refractivity contribution in [2.75, 3.05) is 27.7 Å². The standard InChI is InChI=1S/C16H26N2O/c1-17-15(16-9-4-5-10-18(16)2)12-13-7-6-8-14(11-13)19-3/h6-8,11,15-17H,4-5,9-10,12H2,1-3H3. The Kier molecular flexibility index (Phi) is 5.23. The molecule has 2 unspecified atom stereocenters. The molecule has 3 heteroatoms. The van der Waals surface area contributed by atoms with Crippen molar-refractivity contribution in [2.45, 2.75) is 37.8 Å². The first-order valence-electron chi connectivity index (χ1n) is 7.25. The van der Waals surface area contributed by atoms with Crippen LogP contribution in [0, 0.1) is 0 Å². The van der Waals surface area contributed by atoms with Crippen molar-refractivity contribution < 1.29 is 4.74 Å². The lowest BCUT2D eigenvalue weighted by molar-refractivity contribution is 0.147. The second kappa shape index (κ2) is 6.92. The molecule has 0 saturated carbocycles. The second-order valence-corrected chi connectivity index (χ2v) is 5.49. The predicted octanol–water partition coefficient (Wildman–Crippen LogP) is 2.31. The van der Waals surface area contributed by atoms with Gasteiger partial charge in [-0.15, -0.1) is 0 Å². The largest absolute Gasteiger partial charge is 0.497 e. The van der Waals surface area contributed by atoms with Gasteiger partial charge in [-0.25, -0.2) is 0 Å². The number of benzene rings is 1. The number of rotatable bonds is 5. The van der Waals surface area contributed by atoms with Gasteiger partial charge in [0, 0.05) is 12.1 Å². The fourth-order valence-corrected chi connectivity index (χ4v) is 3.09. The quantitative estimate of drug-likeness (QED) is 0.881. The van der Waals surface area contributed by atoms with Gasteiger partial charge in [-0.2, -0.15) is 0 Å². The lowest BCUT2D eigenvalue weighted by Crippen LogP contribution is -2.50. The van der Waals surface area contributed by atoms with Crippen LogP contribution in [0.15, 0.2) is 24.3 Å². The van der Waals surface area contributed by atoms with Crippen LogP contribution in [-0.2, 0) is 6.42 Å². The summed E-state index contributed by atoms with van der Waals surface area (Å²) in [5.41, 5.74) is 1.35. The van der Waals surface area contributed by atoms with Crippen molar-refractivity contribution in [2.24, 2.45) is 0 Å². The Balaban J connectivity index is 2.05. The highest BCUT2D eigenvalue weighted by Gasteiger charge is 2.26. The normalized spacial score (nSPS) is 22.2. The number of likely N-dealkylation sites (N-methyl/N-ethyl adjacent to an activating group) is 2. The van der Waals surface area contributed by atoms with E-state index >= 15 is 0 Å². The Morgan fingerprint density at radius 1 is 1.42 bits per heavy atom. The van der Waals surface area contributed by atoms with Crippen LogP contribution in [0.25, 0.3) is 0 Å². The highest BCUT2D eigenvalue weighted by Crippen LogP contribution is 2.21. The van der Waals surface area contributed by atoms with E-state index in [1.54, 1.807) is 7.11 Å². The van der Waals surface area contributed by atoms with Crippen molar-refractivity contribution in [1.82, 2.24) is 10.2 Å². The molecule has 0 radical (unpaired) electrons. The number of hydrogen-bond acceptors (Lipinski definition) is 3. The van der Waals surface area contributed by atoms with E-state index in [0.717, 1.165) is 12.2 Å². The minimum absolute atomic E-state index is 0.511. The summed E-state index contributed by atoms with van der Waals surface area (Å²) in [6.45, 7) is 1.22. The van der Waals surface area contributed by atoms with Crippen LogP contribution in [0.3, 0.4) is 0 Å². The van der Waals surface area contributed by atoms with E-state index in [-0.39, 0.29) is 0 Å². The van der Waals surface area contributed by atoms with E-state index in [2.05, 4.69) is 42.5 Å². The monoisotopic (exact) mass is 262 g/mol. The summed E-state index contributed by atoms with van der Waals surface area (Å²) >= 11 is 0. The molecule has 3 nitrogen and oxygen atoms in total. The first kappa shape index (κ1) is 14.4. The van der Waals surface area contributed by atoms with Gasteiger partial charge < -0.3 is 15.0 Å². The van der Waals surface area contributed by atoms with Crippen LogP contribution in [0.2, 0.25) is 0 Å². The summed E-state index contributed by atoms with van der Waals surface area (Å²) in [7, 11) is 6.05. The third kappa shape index (κ3) is 3.71. The molecule has 0 amide bonds. The molecule has 1 heterocycles. The minimum atomic E-state index is 0.511. The van der Waals surface area contributed by atoms with Gasteiger partial charge in [-0.1, -0.05) is 18.6 Å². The Hall–Kier alpha value is -1.06. The molecule has 2 atom stereocenters. The molecule has 1 aromatic rings. The van der Waals surface area contributed by atoms with E-state index < -0.39 is 0 Å².